The highest BCUT2D eigenvalue weighted by Gasteiger charge is 2.01. The van der Waals surface area contributed by atoms with Crippen LogP contribution in [-0.2, 0) is 13.0 Å². The number of benzene rings is 1. The van der Waals surface area contributed by atoms with Crippen LogP contribution < -0.4 is 0 Å². The first-order chi connectivity index (χ1) is 8.74. The average Bonchev–Trinajstić information content (AvgIpc) is 2.39. The summed E-state index contributed by atoms with van der Waals surface area (Å²) in [7, 11) is 2.15. The van der Waals surface area contributed by atoms with Gasteiger partial charge in [0.2, 0.25) is 0 Å². The van der Waals surface area contributed by atoms with E-state index in [1.54, 1.807) is 0 Å². The van der Waals surface area contributed by atoms with Gasteiger partial charge in [-0.2, -0.15) is 0 Å². The van der Waals surface area contributed by atoms with Crippen LogP contribution in [0, 0.1) is 0 Å². The summed E-state index contributed by atoms with van der Waals surface area (Å²) in [6.07, 6.45) is 4.77. The molecule has 0 atom stereocenters. The van der Waals surface area contributed by atoms with Crippen molar-refractivity contribution in [2.75, 3.05) is 13.6 Å². The number of hydrogen-bond acceptors (Lipinski definition) is 2. The van der Waals surface area contributed by atoms with Crippen molar-refractivity contribution < 1.29 is 0 Å². The second-order valence-electron chi connectivity index (χ2n) is 4.47. The Kier molecular flexibility index (Phi) is 4.90. The van der Waals surface area contributed by atoms with Gasteiger partial charge in [0.15, 0.2) is 0 Å². The molecule has 1 aromatic carbocycles. The predicted molar refractivity (Wildman–Crippen MR) is 78.4 cm³/mol. The molecule has 1 aromatic heterocycles. The van der Waals surface area contributed by atoms with Crippen LogP contribution in [0.1, 0.15) is 11.1 Å². The standard InChI is InChI=1S/C15H17BrN2/c1-18(12-14-6-9-17-10-7-14)11-8-13-2-4-15(16)5-3-13/h2-7,9-10H,8,11-12H2,1H3. The first-order valence-electron chi connectivity index (χ1n) is 6.06. The summed E-state index contributed by atoms with van der Waals surface area (Å²) in [5.74, 6) is 0. The van der Waals surface area contributed by atoms with Gasteiger partial charge in [0, 0.05) is 30.0 Å². The highest BCUT2D eigenvalue weighted by Crippen LogP contribution is 2.11. The minimum absolute atomic E-state index is 0.971. The lowest BCUT2D eigenvalue weighted by atomic mass is 10.1. The smallest absolute Gasteiger partial charge is 0.0271 e. The second-order valence-corrected chi connectivity index (χ2v) is 5.39. The van der Waals surface area contributed by atoms with Crippen molar-refractivity contribution in [1.82, 2.24) is 9.88 Å². The highest BCUT2D eigenvalue weighted by atomic mass is 79.9. The van der Waals surface area contributed by atoms with Crippen molar-refractivity contribution in [1.29, 1.82) is 0 Å². The zero-order chi connectivity index (χ0) is 12.8. The normalized spacial score (nSPS) is 10.8. The maximum Gasteiger partial charge on any atom is 0.0271 e. The minimum atomic E-state index is 0.971. The van der Waals surface area contributed by atoms with Gasteiger partial charge >= 0.3 is 0 Å². The van der Waals surface area contributed by atoms with Crippen LogP contribution in [0.25, 0.3) is 0 Å². The van der Waals surface area contributed by atoms with Gasteiger partial charge in [0.25, 0.3) is 0 Å². The number of nitrogens with zero attached hydrogens (tertiary/aromatic N) is 2. The van der Waals surface area contributed by atoms with Crippen molar-refractivity contribution >= 4 is 15.9 Å². The Balaban J connectivity index is 1.81. The molecular formula is C15H17BrN2. The van der Waals surface area contributed by atoms with Crippen molar-refractivity contribution in [3.8, 4) is 0 Å². The monoisotopic (exact) mass is 304 g/mol. The molecule has 18 heavy (non-hydrogen) atoms. The Bertz CT molecular complexity index is 468. The molecular weight excluding hydrogens is 288 g/mol. The summed E-state index contributed by atoms with van der Waals surface area (Å²) in [4.78, 5) is 6.36. The largest absolute Gasteiger partial charge is 0.302 e. The molecule has 0 saturated carbocycles. The molecule has 0 spiro atoms. The van der Waals surface area contributed by atoms with Crippen LogP contribution in [0.2, 0.25) is 0 Å². The number of hydrogen-bond donors (Lipinski definition) is 0. The van der Waals surface area contributed by atoms with Crippen molar-refractivity contribution in [2.45, 2.75) is 13.0 Å². The van der Waals surface area contributed by atoms with E-state index in [1.165, 1.54) is 11.1 Å². The summed E-state index contributed by atoms with van der Waals surface area (Å²) in [6, 6.07) is 12.7. The average molecular weight is 305 g/mol. The molecule has 0 unspecified atom stereocenters. The van der Waals surface area contributed by atoms with E-state index in [2.05, 4.69) is 69.3 Å². The van der Waals surface area contributed by atoms with Gasteiger partial charge in [-0.3, -0.25) is 4.98 Å². The molecule has 0 aliphatic heterocycles. The summed E-state index contributed by atoms with van der Waals surface area (Å²) < 4.78 is 1.14. The molecule has 0 aliphatic rings. The van der Waals surface area contributed by atoms with Gasteiger partial charge in [-0.1, -0.05) is 28.1 Å². The lowest BCUT2D eigenvalue weighted by molar-refractivity contribution is 0.331. The summed E-state index contributed by atoms with van der Waals surface area (Å²) in [5.41, 5.74) is 2.68. The molecule has 1 heterocycles. The molecule has 0 saturated heterocycles. The van der Waals surface area contributed by atoms with E-state index >= 15 is 0 Å². The quantitative estimate of drug-likeness (QED) is 0.840. The van der Waals surface area contributed by atoms with Gasteiger partial charge in [0.05, 0.1) is 0 Å². The summed E-state index contributed by atoms with van der Waals surface area (Å²) in [6.45, 7) is 2.03. The van der Waals surface area contributed by atoms with E-state index in [0.29, 0.717) is 0 Å². The van der Waals surface area contributed by atoms with Gasteiger partial charge in [-0.15, -0.1) is 0 Å². The van der Waals surface area contributed by atoms with Gasteiger partial charge in [0.1, 0.15) is 0 Å². The Morgan fingerprint density at radius 3 is 2.33 bits per heavy atom. The van der Waals surface area contributed by atoms with Crippen LogP contribution in [0.4, 0.5) is 0 Å². The zero-order valence-electron chi connectivity index (χ0n) is 10.5. The van der Waals surface area contributed by atoms with Crippen LogP contribution >= 0.6 is 15.9 Å². The molecule has 2 aromatic rings. The van der Waals surface area contributed by atoms with E-state index in [0.717, 1.165) is 24.0 Å². The predicted octanol–water partition coefficient (Wildman–Crippen LogP) is 3.52. The number of pyridine rings is 1. The Morgan fingerprint density at radius 2 is 1.67 bits per heavy atom. The van der Waals surface area contributed by atoms with E-state index in [1.807, 2.05) is 12.4 Å². The SMILES string of the molecule is CN(CCc1ccc(Br)cc1)Cc1ccncc1. The fourth-order valence-electron chi connectivity index (χ4n) is 1.85. The summed E-state index contributed by atoms with van der Waals surface area (Å²) in [5, 5.41) is 0. The minimum Gasteiger partial charge on any atom is -0.302 e. The number of likely N-dealkylation sites (N-methyl/N-ethyl adjacent to an activating group) is 1. The molecule has 2 nitrogen and oxygen atoms in total. The molecule has 0 radical (unpaired) electrons. The van der Waals surface area contributed by atoms with Gasteiger partial charge in [-0.25, -0.2) is 0 Å². The van der Waals surface area contributed by atoms with Crippen molar-refractivity contribution in [2.24, 2.45) is 0 Å². The second kappa shape index (κ2) is 6.66. The molecule has 0 fully saturated rings. The fourth-order valence-corrected chi connectivity index (χ4v) is 2.11. The molecule has 0 aliphatic carbocycles. The van der Waals surface area contributed by atoms with Crippen LogP contribution in [-0.4, -0.2) is 23.5 Å². The number of rotatable bonds is 5. The maximum absolute atomic E-state index is 4.03. The third-order valence-electron chi connectivity index (χ3n) is 2.90. The van der Waals surface area contributed by atoms with Gasteiger partial charge in [-0.05, 0) is 48.9 Å². The lowest BCUT2D eigenvalue weighted by Crippen LogP contribution is -2.20. The third kappa shape index (κ3) is 4.24. The Morgan fingerprint density at radius 1 is 1.00 bits per heavy atom. The number of aromatic nitrogens is 1. The molecule has 2 rings (SSSR count). The van der Waals surface area contributed by atoms with Crippen LogP contribution in [0.3, 0.4) is 0 Å². The zero-order valence-corrected chi connectivity index (χ0v) is 12.1. The molecule has 3 heteroatoms. The highest BCUT2D eigenvalue weighted by molar-refractivity contribution is 9.10. The Labute approximate surface area is 117 Å². The summed E-state index contributed by atoms with van der Waals surface area (Å²) >= 11 is 3.45. The molecule has 0 amide bonds. The number of halogens is 1. The topological polar surface area (TPSA) is 16.1 Å². The third-order valence-corrected chi connectivity index (χ3v) is 3.43. The molecule has 0 bridgehead atoms. The Hall–Kier alpha value is -1.19. The van der Waals surface area contributed by atoms with Crippen LogP contribution in [0.15, 0.2) is 53.3 Å². The van der Waals surface area contributed by atoms with Gasteiger partial charge < -0.3 is 4.90 Å². The van der Waals surface area contributed by atoms with E-state index in [-0.39, 0.29) is 0 Å². The fraction of sp³-hybridized carbons (Fsp3) is 0.267. The van der Waals surface area contributed by atoms with E-state index in [9.17, 15) is 0 Å². The lowest BCUT2D eigenvalue weighted by Gasteiger charge is -2.16. The molecule has 94 valence electrons. The molecule has 0 N–H and O–H groups in total. The van der Waals surface area contributed by atoms with E-state index in [4.69, 9.17) is 0 Å². The van der Waals surface area contributed by atoms with E-state index < -0.39 is 0 Å². The van der Waals surface area contributed by atoms with Crippen molar-refractivity contribution in [3.05, 3.63) is 64.4 Å². The first-order valence-corrected chi connectivity index (χ1v) is 6.85. The first kappa shape index (κ1) is 13.2. The van der Waals surface area contributed by atoms with Crippen molar-refractivity contribution in [3.63, 3.8) is 0 Å². The van der Waals surface area contributed by atoms with Crippen LogP contribution in [0.5, 0.6) is 0 Å². The maximum atomic E-state index is 4.03.